The molecule has 0 aliphatic rings. The minimum Gasteiger partial charge on any atom is -0.489 e. The Hall–Kier alpha value is -3.83. The molecule has 1 aromatic carbocycles. The van der Waals surface area contributed by atoms with E-state index in [0.717, 1.165) is 12.3 Å². The van der Waals surface area contributed by atoms with E-state index in [4.69, 9.17) is 13.9 Å². The van der Waals surface area contributed by atoms with Crippen LogP contribution in [-0.4, -0.2) is 34.8 Å². The van der Waals surface area contributed by atoms with Crippen molar-refractivity contribution in [2.45, 2.75) is 39.0 Å². The highest BCUT2D eigenvalue weighted by molar-refractivity contribution is 5.76. The van der Waals surface area contributed by atoms with Gasteiger partial charge in [0.1, 0.15) is 30.2 Å². The number of alkyl carbamates (subject to hydrolysis) is 1. The average Bonchev–Trinajstić information content (AvgIpc) is 3.18. The molecule has 3 rings (SSSR count). The number of rotatable bonds is 8. The summed E-state index contributed by atoms with van der Waals surface area (Å²) >= 11 is 0. The number of halogens is 4. The SMILES string of the molecule is CC(C)(C)NC(=O)OC/C(=C\F)COc1ccc2nc(NCc3ccnc(C(F)(F)F)c3)oc2c1. The second kappa shape index (κ2) is 10.6. The fourth-order valence-electron chi connectivity index (χ4n) is 2.77. The molecule has 0 radical (unpaired) electrons. The first-order valence-electron chi connectivity index (χ1n) is 10.5. The molecule has 12 heteroatoms. The third-order valence-electron chi connectivity index (χ3n) is 4.36. The van der Waals surface area contributed by atoms with Gasteiger partial charge in [-0.1, -0.05) is 0 Å². The van der Waals surface area contributed by atoms with Crippen LogP contribution in [0.25, 0.3) is 11.1 Å². The zero-order chi connectivity index (χ0) is 25.6. The number of alkyl halides is 3. The summed E-state index contributed by atoms with van der Waals surface area (Å²) in [7, 11) is 0. The maximum absolute atomic E-state index is 13.2. The third kappa shape index (κ3) is 7.87. The number of nitrogens with one attached hydrogen (secondary N) is 2. The maximum Gasteiger partial charge on any atom is 0.433 e. The molecule has 35 heavy (non-hydrogen) atoms. The van der Waals surface area contributed by atoms with Gasteiger partial charge in [0.15, 0.2) is 5.58 Å². The summed E-state index contributed by atoms with van der Waals surface area (Å²) in [5.41, 5.74) is -0.195. The van der Waals surface area contributed by atoms with E-state index in [1.54, 1.807) is 32.9 Å². The lowest BCUT2D eigenvalue weighted by Gasteiger charge is -2.20. The number of ether oxygens (including phenoxy) is 2. The molecule has 2 heterocycles. The number of carbonyl (C=O) groups is 1. The van der Waals surface area contributed by atoms with Gasteiger partial charge in [0.05, 0.1) is 6.33 Å². The Bertz CT molecular complexity index is 1200. The molecule has 2 aromatic heterocycles. The number of benzene rings is 1. The van der Waals surface area contributed by atoms with Gasteiger partial charge in [0.25, 0.3) is 6.01 Å². The third-order valence-corrected chi connectivity index (χ3v) is 4.36. The minimum absolute atomic E-state index is 0.0369. The second-order valence-corrected chi connectivity index (χ2v) is 8.56. The van der Waals surface area contributed by atoms with Gasteiger partial charge in [-0.2, -0.15) is 18.2 Å². The lowest BCUT2D eigenvalue weighted by atomic mass is 10.1. The number of anilines is 1. The Balaban J connectivity index is 1.56. The van der Waals surface area contributed by atoms with Crippen LogP contribution in [0.3, 0.4) is 0 Å². The Morgan fingerprint density at radius 1 is 1.14 bits per heavy atom. The van der Waals surface area contributed by atoms with Gasteiger partial charge >= 0.3 is 12.3 Å². The smallest absolute Gasteiger partial charge is 0.433 e. The van der Waals surface area contributed by atoms with Gasteiger partial charge in [-0.15, -0.1) is 0 Å². The molecular formula is C23H24F4N4O4. The van der Waals surface area contributed by atoms with Crippen molar-refractivity contribution in [3.05, 3.63) is 59.7 Å². The first-order chi connectivity index (χ1) is 16.4. The van der Waals surface area contributed by atoms with Gasteiger partial charge in [-0.25, -0.2) is 9.18 Å². The molecule has 0 saturated carbocycles. The van der Waals surface area contributed by atoms with Gasteiger partial charge < -0.3 is 24.5 Å². The summed E-state index contributed by atoms with van der Waals surface area (Å²) < 4.78 is 67.7. The molecule has 0 bridgehead atoms. The highest BCUT2D eigenvalue weighted by Gasteiger charge is 2.32. The minimum atomic E-state index is -4.54. The molecule has 8 nitrogen and oxygen atoms in total. The van der Waals surface area contributed by atoms with Crippen LogP contribution in [-0.2, 0) is 17.5 Å². The molecule has 1 amide bonds. The number of pyridine rings is 1. The molecule has 0 aliphatic heterocycles. The van der Waals surface area contributed by atoms with Crippen molar-refractivity contribution in [2.24, 2.45) is 0 Å². The molecule has 0 aliphatic carbocycles. The zero-order valence-electron chi connectivity index (χ0n) is 19.2. The Morgan fingerprint density at radius 3 is 2.60 bits per heavy atom. The molecule has 0 atom stereocenters. The second-order valence-electron chi connectivity index (χ2n) is 8.56. The van der Waals surface area contributed by atoms with Crippen LogP contribution in [0.1, 0.15) is 32.0 Å². The van der Waals surface area contributed by atoms with E-state index in [1.165, 1.54) is 12.1 Å². The number of nitrogens with zero attached hydrogens (tertiary/aromatic N) is 2. The van der Waals surface area contributed by atoms with Crippen molar-refractivity contribution in [3.63, 3.8) is 0 Å². The lowest BCUT2D eigenvalue weighted by molar-refractivity contribution is -0.141. The quantitative estimate of drug-likeness (QED) is 0.391. The highest BCUT2D eigenvalue weighted by atomic mass is 19.4. The van der Waals surface area contributed by atoms with Crippen LogP contribution >= 0.6 is 0 Å². The largest absolute Gasteiger partial charge is 0.489 e. The van der Waals surface area contributed by atoms with Crippen molar-refractivity contribution in [2.75, 3.05) is 18.5 Å². The van der Waals surface area contributed by atoms with Crippen LogP contribution in [0.4, 0.5) is 28.4 Å². The van der Waals surface area contributed by atoms with E-state index < -0.39 is 23.5 Å². The molecule has 2 N–H and O–H groups in total. The molecule has 0 unspecified atom stereocenters. The fraction of sp³-hybridized carbons (Fsp3) is 0.348. The monoisotopic (exact) mass is 496 g/mol. The predicted octanol–water partition coefficient (Wildman–Crippen LogP) is 5.61. The van der Waals surface area contributed by atoms with Crippen LogP contribution in [0.15, 0.2) is 52.8 Å². The molecule has 188 valence electrons. The highest BCUT2D eigenvalue weighted by Crippen LogP contribution is 2.28. The number of carbonyl (C=O) groups excluding carboxylic acids is 1. The Labute approximate surface area is 198 Å². The fourth-order valence-corrected chi connectivity index (χ4v) is 2.77. The van der Waals surface area contributed by atoms with E-state index in [9.17, 15) is 22.4 Å². The summed E-state index contributed by atoms with van der Waals surface area (Å²) in [4.78, 5) is 19.2. The van der Waals surface area contributed by atoms with Crippen LogP contribution in [0, 0.1) is 0 Å². The number of hydrogen-bond donors (Lipinski definition) is 2. The number of fused-ring (bicyclic) bond motifs is 1. The van der Waals surface area contributed by atoms with E-state index in [-0.39, 0.29) is 31.3 Å². The number of amides is 1. The van der Waals surface area contributed by atoms with Gasteiger partial charge in [-0.3, -0.25) is 4.98 Å². The summed E-state index contributed by atoms with van der Waals surface area (Å²) in [6.07, 6.45) is -3.83. The summed E-state index contributed by atoms with van der Waals surface area (Å²) in [5.74, 6) is 0.350. The van der Waals surface area contributed by atoms with Gasteiger partial charge in [-0.05, 0) is 50.6 Å². The van der Waals surface area contributed by atoms with E-state index in [2.05, 4.69) is 20.6 Å². The number of oxazole rings is 1. The average molecular weight is 496 g/mol. The first-order valence-corrected chi connectivity index (χ1v) is 10.5. The van der Waals surface area contributed by atoms with Gasteiger partial charge in [0.2, 0.25) is 0 Å². The zero-order valence-corrected chi connectivity index (χ0v) is 19.2. The summed E-state index contributed by atoms with van der Waals surface area (Å²) in [6.45, 7) is 4.93. The molecule has 0 spiro atoms. The van der Waals surface area contributed by atoms with Crippen LogP contribution < -0.4 is 15.4 Å². The van der Waals surface area contributed by atoms with Crippen molar-refractivity contribution >= 4 is 23.2 Å². The van der Waals surface area contributed by atoms with E-state index in [0.29, 0.717) is 28.7 Å². The summed E-state index contributed by atoms with van der Waals surface area (Å²) in [5, 5.41) is 5.42. The normalized spacial score (nSPS) is 12.5. The van der Waals surface area contributed by atoms with E-state index >= 15 is 0 Å². The van der Waals surface area contributed by atoms with Crippen LogP contribution in [0.2, 0.25) is 0 Å². The Kier molecular flexibility index (Phi) is 7.82. The number of aromatic nitrogens is 2. The molecule has 0 fully saturated rings. The van der Waals surface area contributed by atoms with Crippen molar-refractivity contribution in [1.82, 2.24) is 15.3 Å². The first kappa shape index (κ1) is 25.8. The van der Waals surface area contributed by atoms with Crippen molar-refractivity contribution in [1.29, 1.82) is 0 Å². The topological polar surface area (TPSA) is 98.5 Å². The molecular weight excluding hydrogens is 472 g/mol. The summed E-state index contributed by atoms with van der Waals surface area (Å²) in [6, 6.07) is 7.22. The van der Waals surface area contributed by atoms with E-state index in [1.807, 2.05) is 0 Å². The van der Waals surface area contributed by atoms with Crippen molar-refractivity contribution < 1.29 is 36.2 Å². The van der Waals surface area contributed by atoms with Gasteiger partial charge in [0, 0.05) is 29.9 Å². The molecule has 3 aromatic rings. The number of hydrogen-bond acceptors (Lipinski definition) is 7. The Morgan fingerprint density at radius 2 is 1.91 bits per heavy atom. The van der Waals surface area contributed by atoms with Crippen LogP contribution in [0.5, 0.6) is 5.75 Å². The lowest BCUT2D eigenvalue weighted by Crippen LogP contribution is -2.41. The standard InChI is InChI=1S/C23H24F4N4O4/c1-22(2,3)31-21(32)34-13-15(10-24)12-33-16-4-5-17-18(9-16)35-20(30-17)29-11-14-6-7-28-19(8-14)23(25,26)27/h4-10H,11-13H2,1-3H3,(H,29,30)(H,31,32)/b15-10-. The molecule has 0 saturated heterocycles. The maximum atomic E-state index is 13.2. The van der Waals surface area contributed by atoms with Crippen molar-refractivity contribution in [3.8, 4) is 5.75 Å². The predicted molar refractivity (Wildman–Crippen MR) is 119 cm³/mol.